The van der Waals surface area contributed by atoms with Crippen LogP contribution in [-0.4, -0.2) is 4.57 Å². The highest BCUT2D eigenvalue weighted by Crippen LogP contribution is 2.58. The second kappa shape index (κ2) is 14.5. The van der Waals surface area contributed by atoms with Gasteiger partial charge in [0.2, 0.25) is 0 Å². The Morgan fingerprint density at radius 1 is 0.424 bits per heavy atom. The molecule has 2 unspecified atom stereocenters. The van der Waals surface area contributed by atoms with E-state index in [9.17, 15) is 0 Å². The number of allylic oxidation sites excluding steroid dienone is 3. The van der Waals surface area contributed by atoms with Gasteiger partial charge >= 0.3 is 0 Å². The van der Waals surface area contributed by atoms with E-state index in [0.717, 1.165) is 11.4 Å². The third-order valence-corrected chi connectivity index (χ3v) is 15.1. The normalized spacial score (nSPS) is 17.4. The van der Waals surface area contributed by atoms with Crippen LogP contribution in [0.4, 0.5) is 11.4 Å². The molecule has 2 heterocycles. The van der Waals surface area contributed by atoms with Crippen molar-refractivity contribution in [2.45, 2.75) is 31.6 Å². The summed E-state index contributed by atoms with van der Waals surface area (Å²) >= 11 is 0. The lowest BCUT2D eigenvalue weighted by Gasteiger charge is -2.39. The van der Waals surface area contributed by atoms with Gasteiger partial charge in [0.15, 0.2) is 0 Å². The van der Waals surface area contributed by atoms with Crippen LogP contribution < -0.4 is 4.90 Å². The fourth-order valence-electron chi connectivity index (χ4n) is 11.9. The predicted molar refractivity (Wildman–Crippen MR) is 278 cm³/mol. The summed E-state index contributed by atoms with van der Waals surface area (Å²) in [6.07, 6.45) is 7.45. The zero-order chi connectivity index (χ0) is 44.1. The molecule has 2 atom stereocenters. The summed E-state index contributed by atoms with van der Waals surface area (Å²) in [7, 11) is 0. The highest BCUT2D eigenvalue weighted by molar-refractivity contribution is 6.17. The molecule has 0 saturated heterocycles. The van der Waals surface area contributed by atoms with Crippen molar-refractivity contribution >= 4 is 33.2 Å². The molecule has 9 aromatic carbocycles. The van der Waals surface area contributed by atoms with Crippen molar-refractivity contribution in [3.63, 3.8) is 0 Å². The lowest BCUT2D eigenvalue weighted by Crippen LogP contribution is -2.36. The van der Waals surface area contributed by atoms with Crippen LogP contribution in [0.5, 0.6) is 0 Å². The Labute approximate surface area is 387 Å². The van der Waals surface area contributed by atoms with Crippen LogP contribution in [0.25, 0.3) is 83.1 Å². The molecule has 66 heavy (non-hydrogen) atoms. The zero-order valence-electron chi connectivity index (χ0n) is 37.4. The van der Waals surface area contributed by atoms with E-state index in [-0.39, 0.29) is 16.7 Å². The molecule has 13 rings (SSSR count). The Balaban J connectivity index is 0.940. The van der Waals surface area contributed by atoms with Gasteiger partial charge in [0.1, 0.15) is 0 Å². The fourth-order valence-corrected chi connectivity index (χ4v) is 11.9. The monoisotopic (exact) mass is 844 g/mol. The van der Waals surface area contributed by atoms with E-state index in [1.54, 1.807) is 0 Å². The van der Waals surface area contributed by atoms with Gasteiger partial charge in [-0.3, -0.25) is 0 Å². The van der Waals surface area contributed by atoms with Crippen molar-refractivity contribution in [2.75, 3.05) is 4.90 Å². The molecule has 3 aliphatic rings. The maximum Gasteiger partial charge on any atom is 0.0620 e. The number of aromatic nitrogens is 1. The van der Waals surface area contributed by atoms with Gasteiger partial charge in [0.25, 0.3) is 0 Å². The van der Waals surface area contributed by atoms with Crippen LogP contribution in [-0.2, 0) is 10.8 Å². The maximum atomic E-state index is 2.57. The maximum absolute atomic E-state index is 2.57. The van der Waals surface area contributed by atoms with E-state index in [2.05, 4.69) is 261 Å². The first kappa shape index (κ1) is 38.5. The summed E-state index contributed by atoms with van der Waals surface area (Å²) in [6.45, 7) is 7.38. The number of benzene rings is 9. The second-order valence-corrected chi connectivity index (χ2v) is 19.2. The Morgan fingerprint density at radius 2 is 1.03 bits per heavy atom. The van der Waals surface area contributed by atoms with E-state index in [4.69, 9.17) is 0 Å². The van der Waals surface area contributed by atoms with Crippen LogP contribution in [0.15, 0.2) is 236 Å². The van der Waals surface area contributed by atoms with Gasteiger partial charge in [-0.15, -0.1) is 0 Å². The number of fused-ring (bicyclic) bond motifs is 11. The van der Waals surface area contributed by atoms with Crippen molar-refractivity contribution in [3.8, 4) is 61.3 Å². The summed E-state index contributed by atoms with van der Waals surface area (Å²) in [5.41, 5.74) is 22.1. The molecular weight excluding hydrogens is 797 g/mol. The van der Waals surface area contributed by atoms with Gasteiger partial charge in [-0.25, -0.2) is 0 Å². The molecule has 1 aliphatic heterocycles. The van der Waals surface area contributed by atoms with Crippen molar-refractivity contribution in [3.05, 3.63) is 247 Å². The minimum absolute atomic E-state index is 0.162. The van der Waals surface area contributed by atoms with Crippen LogP contribution in [0.2, 0.25) is 0 Å². The van der Waals surface area contributed by atoms with Gasteiger partial charge in [-0.1, -0.05) is 197 Å². The predicted octanol–water partition coefficient (Wildman–Crippen LogP) is 16.9. The molecule has 0 N–H and O–H groups in total. The van der Waals surface area contributed by atoms with Crippen LogP contribution in [0.1, 0.15) is 31.9 Å². The average molecular weight is 845 g/mol. The fraction of sp³-hybridized carbons (Fsp3) is 0.0938. The number of para-hydroxylation sites is 2. The Morgan fingerprint density at radius 3 is 1.80 bits per heavy atom. The topological polar surface area (TPSA) is 8.17 Å². The van der Waals surface area contributed by atoms with E-state index in [0.29, 0.717) is 0 Å². The lowest BCUT2D eigenvalue weighted by atomic mass is 9.66. The largest absolute Gasteiger partial charge is 0.311 e. The third-order valence-electron chi connectivity index (χ3n) is 15.1. The molecule has 0 radical (unpaired) electrons. The highest BCUT2D eigenvalue weighted by atomic mass is 15.1. The first-order chi connectivity index (χ1) is 32.3. The molecular formula is C64H48N2. The highest BCUT2D eigenvalue weighted by Gasteiger charge is 2.52. The molecule has 2 nitrogen and oxygen atoms in total. The number of nitrogens with zero attached hydrogens (tertiary/aromatic N) is 2. The Kier molecular flexibility index (Phi) is 8.48. The molecule has 0 amide bonds. The second-order valence-electron chi connectivity index (χ2n) is 19.2. The number of hydrogen-bond donors (Lipinski definition) is 0. The Hall–Kier alpha value is -7.94. The molecule has 10 aromatic rings. The first-order valence-electron chi connectivity index (χ1n) is 23.3. The van der Waals surface area contributed by atoms with Crippen LogP contribution >= 0.6 is 0 Å². The standard InChI is InChI=1S/C64H48N2/c1-63(2)58-40-46(47-38-55-52-24-11-10-23-51(52)53-25-12-14-27-59(53)66-60-28-15-13-26-54(60)56(39-47)62(55)66)31-34-57(58)64(3)36-35-50(41-61(63)64)65(48-32-29-44(30-33-48)42-17-6-4-7-18-42)49-22-16-21-45(37-49)43-19-8-5-9-20-43/h4-41,61H,1-3H3. The summed E-state index contributed by atoms with van der Waals surface area (Å²) in [5, 5.41) is 2.56. The van der Waals surface area contributed by atoms with Crippen molar-refractivity contribution in [1.29, 1.82) is 0 Å². The van der Waals surface area contributed by atoms with Gasteiger partial charge in [0.05, 0.1) is 16.7 Å². The molecule has 0 fully saturated rings. The van der Waals surface area contributed by atoms with E-state index in [1.807, 2.05) is 0 Å². The molecule has 2 aliphatic carbocycles. The minimum Gasteiger partial charge on any atom is -0.311 e. The van der Waals surface area contributed by atoms with E-state index >= 15 is 0 Å². The van der Waals surface area contributed by atoms with Gasteiger partial charge < -0.3 is 9.47 Å². The van der Waals surface area contributed by atoms with Crippen molar-refractivity contribution in [1.82, 2.24) is 4.57 Å². The molecule has 0 spiro atoms. The summed E-state index contributed by atoms with van der Waals surface area (Å²) < 4.78 is 2.51. The third kappa shape index (κ3) is 5.74. The number of rotatable bonds is 6. The van der Waals surface area contributed by atoms with Crippen LogP contribution in [0.3, 0.4) is 0 Å². The number of hydrogen-bond acceptors (Lipinski definition) is 1. The molecule has 0 saturated carbocycles. The van der Waals surface area contributed by atoms with Crippen molar-refractivity contribution in [2.24, 2.45) is 5.92 Å². The zero-order valence-corrected chi connectivity index (χ0v) is 37.4. The summed E-state index contributed by atoms with van der Waals surface area (Å²) in [6, 6.07) is 78.5. The molecule has 1 aromatic heterocycles. The SMILES string of the molecule is CC1(C)c2cc(-c3cc4c5c(c3)c3ccccc3n5-c3ccccc3-c3ccccc3-4)ccc2C2(C)C=CC(N(c3ccc(-c4ccccc4)cc3)c3cccc(-c4ccccc4)c3)=CC12. The summed E-state index contributed by atoms with van der Waals surface area (Å²) in [4.78, 5) is 2.46. The first-order valence-corrected chi connectivity index (χ1v) is 23.3. The molecule has 2 heteroatoms. The quantitative estimate of drug-likeness (QED) is 0.162. The minimum atomic E-state index is -0.179. The van der Waals surface area contributed by atoms with Gasteiger partial charge in [-0.2, -0.15) is 0 Å². The van der Waals surface area contributed by atoms with Crippen LogP contribution in [0, 0.1) is 5.92 Å². The van der Waals surface area contributed by atoms with E-state index < -0.39 is 0 Å². The molecule has 0 bridgehead atoms. The Bertz CT molecular complexity index is 3620. The van der Waals surface area contributed by atoms with Crippen molar-refractivity contribution < 1.29 is 0 Å². The van der Waals surface area contributed by atoms with E-state index in [1.165, 1.54) is 100.0 Å². The smallest absolute Gasteiger partial charge is 0.0620 e. The van der Waals surface area contributed by atoms with Gasteiger partial charge in [0, 0.05) is 50.3 Å². The average Bonchev–Trinajstić information content (AvgIpc) is 3.74. The summed E-state index contributed by atoms with van der Waals surface area (Å²) in [5.74, 6) is 0.217. The number of anilines is 2. The lowest BCUT2D eigenvalue weighted by molar-refractivity contribution is 0.322. The molecule has 314 valence electrons. The van der Waals surface area contributed by atoms with Gasteiger partial charge in [-0.05, 0) is 116 Å².